The zero-order chi connectivity index (χ0) is 14.3. The highest BCUT2D eigenvalue weighted by Crippen LogP contribution is 2.31. The predicted octanol–water partition coefficient (Wildman–Crippen LogP) is 3.63. The Morgan fingerprint density at radius 1 is 1.35 bits per heavy atom. The summed E-state index contributed by atoms with van der Waals surface area (Å²) >= 11 is 1.23. The number of carbonyl (C=O) groups is 1. The largest absolute Gasteiger partial charge is 0.477 e. The Bertz CT molecular complexity index is 787. The first kappa shape index (κ1) is 12.9. The summed E-state index contributed by atoms with van der Waals surface area (Å²) in [5.74, 6) is -0.888. The summed E-state index contributed by atoms with van der Waals surface area (Å²) in [5, 5.41) is 9.20. The molecule has 0 amide bonds. The second kappa shape index (κ2) is 4.76. The highest BCUT2D eigenvalue weighted by Gasteiger charge is 2.21. The van der Waals surface area contributed by atoms with Gasteiger partial charge in [-0.15, -0.1) is 0 Å². The fourth-order valence-electron chi connectivity index (χ4n) is 2.46. The molecule has 0 fully saturated rings. The van der Waals surface area contributed by atoms with Crippen molar-refractivity contribution in [2.45, 2.75) is 20.3 Å². The van der Waals surface area contributed by atoms with E-state index >= 15 is 0 Å². The molecule has 5 heteroatoms. The minimum Gasteiger partial charge on any atom is -0.477 e. The summed E-state index contributed by atoms with van der Waals surface area (Å²) < 4.78 is 1.97. The highest BCUT2D eigenvalue weighted by molar-refractivity contribution is 7.19. The number of imidazole rings is 1. The van der Waals surface area contributed by atoms with Crippen LogP contribution in [0, 0.1) is 6.92 Å². The standard InChI is InChI=1S/C15H14N2O2S/c1-3-11-12(10-7-5-4-6-8-10)16-15-17(11)9(2)13(20-15)14(18)19/h4-8H,3H2,1-2H3,(H,18,19). The molecule has 0 unspecified atom stereocenters. The van der Waals surface area contributed by atoms with Crippen molar-refractivity contribution in [3.63, 3.8) is 0 Å². The molecule has 102 valence electrons. The normalized spacial score (nSPS) is 11.1. The summed E-state index contributed by atoms with van der Waals surface area (Å²) in [4.78, 5) is 17.0. The number of aromatic nitrogens is 2. The van der Waals surface area contributed by atoms with Crippen LogP contribution in [-0.4, -0.2) is 20.5 Å². The van der Waals surface area contributed by atoms with Crippen molar-refractivity contribution in [2.24, 2.45) is 0 Å². The molecule has 0 saturated carbocycles. The molecule has 0 aliphatic carbocycles. The lowest BCUT2D eigenvalue weighted by atomic mass is 10.1. The minimum atomic E-state index is -0.888. The average molecular weight is 286 g/mol. The van der Waals surface area contributed by atoms with E-state index in [1.54, 1.807) is 0 Å². The molecule has 0 spiro atoms. The Morgan fingerprint density at radius 2 is 2.05 bits per heavy atom. The second-order valence-electron chi connectivity index (χ2n) is 4.57. The zero-order valence-corrected chi connectivity index (χ0v) is 12.1. The fraction of sp³-hybridized carbons (Fsp3) is 0.200. The van der Waals surface area contributed by atoms with Crippen LogP contribution in [0.1, 0.15) is 28.0 Å². The van der Waals surface area contributed by atoms with Gasteiger partial charge in [0.2, 0.25) is 0 Å². The number of carboxylic acid groups (broad SMARTS) is 1. The molecule has 0 bridgehead atoms. The SMILES string of the molecule is CCc1c(-c2ccccc2)nc2sc(C(=O)O)c(C)n12. The number of fused-ring (bicyclic) bond motifs is 1. The van der Waals surface area contributed by atoms with E-state index in [0.717, 1.165) is 34.0 Å². The molecule has 4 nitrogen and oxygen atoms in total. The predicted molar refractivity (Wildman–Crippen MR) is 79.6 cm³/mol. The molecule has 20 heavy (non-hydrogen) atoms. The van der Waals surface area contributed by atoms with Crippen molar-refractivity contribution in [3.8, 4) is 11.3 Å². The summed E-state index contributed by atoms with van der Waals surface area (Å²) in [7, 11) is 0. The monoisotopic (exact) mass is 286 g/mol. The van der Waals surface area contributed by atoms with E-state index in [4.69, 9.17) is 0 Å². The molecule has 2 heterocycles. The molecule has 1 N–H and O–H groups in total. The number of aryl methyl sites for hydroxylation is 2. The maximum atomic E-state index is 11.2. The Balaban J connectivity index is 2.29. The summed E-state index contributed by atoms with van der Waals surface area (Å²) in [6, 6.07) is 9.99. The molecule has 0 aliphatic rings. The second-order valence-corrected chi connectivity index (χ2v) is 5.54. The van der Waals surface area contributed by atoms with Crippen LogP contribution in [0.2, 0.25) is 0 Å². The van der Waals surface area contributed by atoms with Crippen molar-refractivity contribution in [2.75, 3.05) is 0 Å². The number of thiazole rings is 1. The third kappa shape index (κ3) is 1.82. The van der Waals surface area contributed by atoms with Gasteiger partial charge in [0.25, 0.3) is 0 Å². The van der Waals surface area contributed by atoms with E-state index < -0.39 is 5.97 Å². The molecular formula is C15H14N2O2S. The van der Waals surface area contributed by atoms with E-state index in [1.165, 1.54) is 11.3 Å². The molecule has 0 atom stereocenters. The first-order chi connectivity index (χ1) is 9.63. The topological polar surface area (TPSA) is 54.6 Å². The number of rotatable bonds is 3. The van der Waals surface area contributed by atoms with Gasteiger partial charge in [-0.2, -0.15) is 0 Å². The van der Waals surface area contributed by atoms with Crippen LogP contribution in [0.25, 0.3) is 16.2 Å². The van der Waals surface area contributed by atoms with Gasteiger partial charge < -0.3 is 5.11 Å². The van der Waals surface area contributed by atoms with Gasteiger partial charge in [-0.1, -0.05) is 48.6 Å². The molecular weight excluding hydrogens is 272 g/mol. The minimum absolute atomic E-state index is 0.363. The number of aromatic carboxylic acids is 1. The first-order valence-corrected chi connectivity index (χ1v) is 7.24. The van der Waals surface area contributed by atoms with Gasteiger partial charge >= 0.3 is 5.97 Å². The lowest BCUT2D eigenvalue weighted by molar-refractivity contribution is 0.0701. The fourth-order valence-corrected chi connectivity index (χ4v) is 3.45. The maximum absolute atomic E-state index is 11.2. The van der Waals surface area contributed by atoms with Gasteiger partial charge in [-0.25, -0.2) is 9.78 Å². The van der Waals surface area contributed by atoms with Gasteiger partial charge in [0.1, 0.15) is 4.88 Å². The van der Waals surface area contributed by atoms with Crippen molar-refractivity contribution in [1.29, 1.82) is 0 Å². The number of hydrogen-bond acceptors (Lipinski definition) is 3. The third-order valence-corrected chi connectivity index (χ3v) is 4.51. The van der Waals surface area contributed by atoms with Crippen molar-refractivity contribution in [1.82, 2.24) is 9.38 Å². The molecule has 3 rings (SSSR count). The van der Waals surface area contributed by atoms with E-state index in [-0.39, 0.29) is 0 Å². The Labute approximate surface area is 120 Å². The molecule has 0 saturated heterocycles. The molecule has 2 aromatic heterocycles. The number of carboxylic acids is 1. The van der Waals surface area contributed by atoms with E-state index in [2.05, 4.69) is 11.9 Å². The van der Waals surface area contributed by atoms with Crippen LogP contribution in [0.5, 0.6) is 0 Å². The highest BCUT2D eigenvalue weighted by atomic mass is 32.1. The van der Waals surface area contributed by atoms with Crippen molar-refractivity contribution < 1.29 is 9.90 Å². The van der Waals surface area contributed by atoms with E-state index in [1.807, 2.05) is 41.7 Å². The smallest absolute Gasteiger partial charge is 0.347 e. The van der Waals surface area contributed by atoms with Crippen LogP contribution in [0.3, 0.4) is 0 Å². The Morgan fingerprint density at radius 3 is 2.65 bits per heavy atom. The molecule has 3 aromatic rings. The van der Waals surface area contributed by atoms with Crippen molar-refractivity contribution >= 4 is 22.3 Å². The Kier molecular flexibility index (Phi) is 3.06. The van der Waals surface area contributed by atoms with Crippen LogP contribution < -0.4 is 0 Å². The maximum Gasteiger partial charge on any atom is 0.347 e. The van der Waals surface area contributed by atoms with Crippen LogP contribution >= 0.6 is 11.3 Å². The van der Waals surface area contributed by atoms with Gasteiger partial charge in [0, 0.05) is 11.3 Å². The molecule has 1 aromatic carbocycles. The van der Waals surface area contributed by atoms with E-state index in [0.29, 0.717) is 4.88 Å². The van der Waals surface area contributed by atoms with Gasteiger partial charge in [-0.05, 0) is 13.3 Å². The quantitative estimate of drug-likeness (QED) is 0.800. The molecule has 0 aliphatic heterocycles. The van der Waals surface area contributed by atoms with Gasteiger partial charge in [-0.3, -0.25) is 4.40 Å². The first-order valence-electron chi connectivity index (χ1n) is 6.43. The summed E-state index contributed by atoms with van der Waals surface area (Å²) in [6.45, 7) is 3.90. The van der Waals surface area contributed by atoms with Gasteiger partial charge in [0.15, 0.2) is 4.96 Å². The lowest BCUT2D eigenvalue weighted by Gasteiger charge is -2.03. The van der Waals surface area contributed by atoms with Crippen LogP contribution in [0.4, 0.5) is 0 Å². The number of benzene rings is 1. The number of hydrogen-bond donors (Lipinski definition) is 1. The van der Waals surface area contributed by atoms with Crippen LogP contribution in [-0.2, 0) is 6.42 Å². The Hall–Kier alpha value is -2.14. The van der Waals surface area contributed by atoms with Crippen LogP contribution in [0.15, 0.2) is 30.3 Å². The zero-order valence-electron chi connectivity index (χ0n) is 11.3. The van der Waals surface area contributed by atoms with Crippen molar-refractivity contribution in [3.05, 3.63) is 46.6 Å². The summed E-state index contributed by atoms with van der Waals surface area (Å²) in [6.07, 6.45) is 0.808. The number of nitrogens with zero attached hydrogens (tertiary/aromatic N) is 2. The lowest BCUT2D eigenvalue weighted by Crippen LogP contribution is -1.99. The van der Waals surface area contributed by atoms with Gasteiger partial charge in [0.05, 0.1) is 11.4 Å². The average Bonchev–Trinajstić information content (AvgIpc) is 2.97. The summed E-state index contributed by atoms with van der Waals surface area (Å²) in [5.41, 5.74) is 3.83. The van der Waals surface area contributed by atoms with E-state index in [9.17, 15) is 9.90 Å². The third-order valence-electron chi connectivity index (χ3n) is 3.38. The molecule has 0 radical (unpaired) electrons.